The number of benzene rings is 1. The molecular formula is C14H15ClN2O. The van der Waals surface area contributed by atoms with E-state index in [2.05, 4.69) is 37.1 Å². The van der Waals surface area contributed by atoms with Crippen LogP contribution in [-0.4, -0.2) is 16.4 Å². The molecule has 0 amide bonds. The average Bonchev–Trinajstić information content (AvgIpc) is 2.66. The van der Waals surface area contributed by atoms with Gasteiger partial charge < -0.3 is 4.74 Å². The number of ether oxygens (including phenoxy) is 1. The number of rotatable bonds is 1. The second-order valence-electron chi connectivity index (χ2n) is 4.78. The SMILES string of the molecule is Cc1cc(C)cc(-n2nc3c(c2Cl)COCC3)c1. The monoisotopic (exact) mass is 262 g/mol. The molecule has 3 rings (SSSR count). The summed E-state index contributed by atoms with van der Waals surface area (Å²) in [6.07, 6.45) is 0.840. The Labute approximate surface area is 111 Å². The lowest BCUT2D eigenvalue weighted by Crippen LogP contribution is -2.08. The summed E-state index contributed by atoms with van der Waals surface area (Å²) >= 11 is 6.40. The molecule has 2 heterocycles. The largest absolute Gasteiger partial charge is 0.376 e. The van der Waals surface area contributed by atoms with Crippen LogP contribution in [0, 0.1) is 13.8 Å². The van der Waals surface area contributed by atoms with Crippen LogP contribution >= 0.6 is 11.6 Å². The van der Waals surface area contributed by atoms with Crippen LogP contribution in [0.1, 0.15) is 22.4 Å². The molecule has 0 atom stereocenters. The minimum atomic E-state index is 0.568. The molecule has 1 aliphatic rings. The van der Waals surface area contributed by atoms with E-state index < -0.39 is 0 Å². The molecule has 0 N–H and O–H groups in total. The third-order valence-corrected chi connectivity index (χ3v) is 3.57. The zero-order valence-electron chi connectivity index (χ0n) is 10.5. The van der Waals surface area contributed by atoms with E-state index in [1.54, 1.807) is 0 Å². The first-order valence-electron chi connectivity index (χ1n) is 6.08. The zero-order valence-corrected chi connectivity index (χ0v) is 11.3. The Morgan fingerprint density at radius 2 is 1.94 bits per heavy atom. The van der Waals surface area contributed by atoms with E-state index in [0.29, 0.717) is 11.8 Å². The van der Waals surface area contributed by atoms with Gasteiger partial charge in [0.1, 0.15) is 5.15 Å². The van der Waals surface area contributed by atoms with Gasteiger partial charge in [-0.25, -0.2) is 4.68 Å². The number of hydrogen-bond acceptors (Lipinski definition) is 2. The molecule has 0 spiro atoms. The van der Waals surface area contributed by atoms with Crippen molar-refractivity contribution >= 4 is 11.6 Å². The van der Waals surface area contributed by atoms with Crippen LogP contribution in [0.3, 0.4) is 0 Å². The molecule has 1 aliphatic heterocycles. The summed E-state index contributed by atoms with van der Waals surface area (Å²) in [6.45, 7) is 5.46. The van der Waals surface area contributed by atoms with Gasteiger partial charge in [0.15, 0.2) is 0 Å². The van der Waals surface area contributed by atoms with Crippen LogP contribution in [0.15, 0.2) is 18.2 Å². The summed E-state index contributed by atoms with van der Waals surface area (Å²) in [7, 11) is 0. The lowest BCUT2D eigenvalue weighted by Gasteiger charge is -2.09. The van der Waals surface area contributed by atoms with E-state index in [1.807, 2.05) is 4.68 Å². The maximum Gasteiger partial charge on any atom is 0.138 e. The minimum Gasteiger partial charge on any atom is -0.376 e. The van der Waals surface area contributed by atoms with Crippen molar-refractivity contribution in [2.24, 2.45) is 0 Å². The highest BCUT2D eigenvalue weighted by Crippen LogP contribution is 2.27. The molecule has 94 valence electrons. The molecule has 0 unspecified atom stereocenters. The predicted molar refractivity (Wildman–Crippen MR) is 71.4 cm³/mol. The maximum absolute atomic E-state index is 6.40. The van der Waals surface area contributed by atoms with Gasteiger partial charge in [0.25, 0.3) is 0 Å². The van der Waals surface area contributed by atoms with Crippen LogP contribution in [0.25, 0.3) is 5.69 Å². The molecule has 3 nitrogen and oxygen atoms in total. The highest BCUT2D eigenvalue weighted by atomic mass is 35.5. The van der Waals surface area contributed by atoms with Gasteiger partial charge >= 0.3 is 0 Å². The topological polar surface area (TPSA) is 27.1 Å². The van der Waals surface area contributed by atoms with Gasteiger partial charge in [0, 0.05) is 12.0 Å². The highest BCUT2D eigenvalue weighted by Gasteiger charge is 2.20. The average molecular weight is 263 g/mol. The predicted octanol–water partition coefficient (Wildman–Crippen LogP) is 3.22. The Hall–Kier alpha value is -1.32. The Morgan fingerprint density at radius 1 is 1.22 bits per heavy atom. The normalized spacial score (nSPS) is 14.6. The van der Waals surface area contributed by atoms with Crippen LogP contribution in [0.2, 0.25) is 5.15 Å². The molecule has 18 heavy (non-hydrogen) atoms. The molecule has 2 aromatic rings. The first kappa shape index (κ1) is 11.8. The first-order valence-corrected chi connectivity index (χ1v) is 6.45. The van der Waals surface area contributed by atoms with Crippen molar-refractivity contribution in [3.05, 3.63) is 45.7 Å². The Bertz CT molecular complexity index is 584. The van der Waals surface area contributed by atoms with Crippen molar-refractivity contribution in [2.45, 2.75) is 26.9 Å². The lowest BCUT2D eigenvalue weighted by atomic mass is 10.1. The smallest absolute Gasteiger partial charge is 0.138 e. The fraction of sp³-hybridized carbons (Fsp3) is 0.357. The van der Waals surface area contributed by atoms with Crippen molar-refractivity contribution in [1.29, 1.82) is 0 Å². The van der Waals surface area contributed by atoms with Crippen LogP contribution in [0.5, 0.6) is 0 Å². The Kier molecular flexibility index (Phi) is 2.88. The zero-order chi connectivity index (χ0) is 12.7. The molecule has 0 saturated carbocycles. The van der Waals surface area contributed by atoms with E-state index in [1.165, 1.54) is 11.1 Å². The van der Waals surface area contributed by atoms with Gasteiger partial charge in [0.05, 0.1) is 24.6 Å². The molecule has 4 heteroatoms. The summed E-state index contributed by atoms with van der Waals surface area (Å²) in [4.78, 5) is 0. The highest BCUT2D eigenvalue weighted by molar-refractivity contribution is 6.30. The molecule has 0 radical (unpaired) electrons. The van der Waals surface area contributed by atoms with Gasteiger partial charge in [-0.1, -0.05) is 17.7 Å². The summed E-state index contributed by atoms with van der Waals surface area (Å²) in [5.41, 5.74) is 5.54. The molecule has 1 aromatic heterocycles. The third-order valence-electron chi connectivity index (χ3n) is 3.18. The summed E-state index contributed by atoms with van der Waals surface area (Å²) in [6, 6.07) is 6.33. The summed E-state index contributed by atoms with van der Waals surface area (Å²) in [5, 5.41) is 5.28. The number of aromatic nitrogens is 2. The van der Waals surface area contributed by atoms with Gasteiger partial charge in [-0.15, -0.1) is 0 Å². The Balaban J connectivity index is 2.14. The Morgan fingerprint density at radius 3 is 2.61 bits per heavy atom. The second-order valence-corrected chi connectivity index (χ2v) is 5.13. The van der Waals surface area contributed by atoms with E-state index in [9.17, 15) is 0 Å². The minimum absolute atomic E-state index is 0.568. The van der Waals surface area contributed by atoms with E-state index >= 15 is 0 Å². The van der Waals surface area contributed by atoms with E-state index in [4.69, 9.17) is 16.3 Å². The second kappa shape index (κ2) is 4.41. The van der Waals surface area contributed by atoms with Crippen molar-refractivity contribution < 1.29 is 4.74 Å². The standard InChI is InChI=1S/C14H15ClN2O/c1-9-5-10(2)7-11(6-9)17-14(15)12-8-18-4-3-13(12)16-17/h5-7H,3-4,8H2,1-2H3. The molecule has 0 aliphatic carbocycles. The van der Waals surface area contributed by atoms with E-state index in [0.717, 1.165) is 30.0 Å². The van der Waals surface area contributed by atoms with Crippen LogP contribution in [0.4, 0.5) is 0 Å². The van der Waals surface area contributed by atoms with Crippen molar-refractivity contribution in [3.63, 3.8) is 0 Å². The van der Waals surface area contributed by atoms with Gasteiger partial charge in [-0.2, -0.15) is 5.10 Å². The number of fused-ring (bicyclic) bond motifs is 1. The number of hydrogen-bond donors (Lipinski definition) is 0. The lowest BCUT2D eigenvalue weighted by molar-refractivity contribution is 0.110. The molecule has 1 aromatic carbocycles. The fourth-order valence-electron chi connectivity index (χ4n) is 2.40. The fourth-order valence-corrected chi connectivity index (χ4v) is 2.70. The molecule has 0 saturated heterocycles. The summed E-state index contributed by atoms with van der Waals surface area (Å²) < 4.78 is 7.26. The van der Waals surface area contributed by atoms with Crippen LogP contribution in [-0.2, 0) is 17.8 Å². The van der Waals surface area contributed by atoms with Crippen molar-refractivity contribution in [1.82, 2.24) is 9.78 Å². The first-order chi connectivity index (χ1) is 8.65. The number of halogens is 1. The quantitative estimate of drug-likeness (QED) is 0.789. The van der Waals surface area contributed by atoms with E-state index in [-0.39, 0.29) is 0 Å². The van der Waals surface area contributed by atoms with Crippen molar-refractivity contribution in [2.75, 3.05) is 6.61 Å². The summed E-state index contributed by atoms with van der Waals surface area (Å²) in [5.74, 6) is 0. The van der Waals surface area contributed by atoms with Crippen LogP contribution < -0.4 is 0 Å². The van der Waals surface area contributed by atoms with Gasteiger partial charge in [-0.05, 0) is 37.1 Å². The van der Waals surface area contributed by atoms with Crippen molar-refractivity contribution in [3.8, 4) is 5.69 Å². The maximum atomic E-state index is 6.40. The molecular weight excluding hydrogens is 248 g/mol. The molecule has 0 fully saturated rings. The van der Waals surface area contributed by atoms with Gasteiger partial charge in [0.2, 0.25) is 0 Å². The third kappa shape index (κ3) is 1.93. The molecule has 0 bridgehead atoms. The van der Waals surface area contributed by atoms with Gasteiger partial charge in [-0.3, -0.25) is 0 Å². The number of aryl methyl sites for hydroxylation is 2. The number of nitrogens with zero attached hydrogens (tertiary/aromatic N) is 2.